The Kier molecular flexibility index (Phi) is 2.02. The smallest absolute Gasteiger partial charge is 0.124 e. The molecule has 1 atom stereocenters. The molecule has 0 aromatic carbocycles. The van der Waals surface area contributed by atoms with Crippen LogP contribution < -0.4 is 0 Å². The van der Waals surface area contributed by atoms with Crippen LogP contribution in [0, 0.1) is 0 Å². The lowest BCUT2D eigenvalue weighted by atomic mass is 10.2. The highest BCUT2D eigenvalue weighted by Gasteiger charge is 1.72. The van der Waals surface area contributed by atoms with Crippen LogP contribution in [0.4, 0.5) is 0 Å². The average Bonchev–Trinajstić information content (AvgIpc) is 0.811. The first-order chi connectivity index (χ1) is 1.73. The summed E-state index contributed by atoms with van der Waals surface area (Å²) >= 11 is 2.60. The third-order valence-electron chi connectivity index (χ3n) is 0. The molecule has 0 heterocycles. The number of aliphatic hydroxyl groups is 1. The van der Waals surface area contributed by atoms with Gasteiger partial charge in [0.2, 0.25) is 0 Å². The van der Waals surface area contributed by atoms with Gasteiger partial charge in [-0.1, -0.05) is 15.9 Å². The molecule has 1 unspecified atom stereocenters. The van der Waals surface area contributed by atoms with Crippen LogP contribution in [-0.4, -0.2) is 17.9 Å². The van der Waals surface area contributed by atoms with Gasteiger partial charge in [-0.15, -0.1) is 0 Å². The van der Waals surface area contributed by atoms with E-state index in [1.165, 1.54) is 0 Å². The van der Waals surface area contributed by atoms with E-state index in [2.05, 4.69) is 23.8 Å². The molecule has 0 aliphatic heterocycles. The van der Waals surface area contributed by atoms with Crippen molar-refractivity contribution in [3.8, 4) is 0 Å². The van der Waals surface area contributed by atoms with Crippen LogP contribution in [0.5, 0.6) is 0 Å². The van der Waals surface area contributed by atoms with Crippen molar-refractivity contribution in [2.24, 2.45) is 0 Å². The first-order valence-corrected chi connectivity index (χ1v) is 1.73. The Morgan fingerprint density at radius 2 is 2.00 bits per heavy atom. The molecule has 0 bridgehead atoms. The molecule has 1 nitrogen and oxygen atoms in total. The van der Waals surface area contributed by atoms with Crippen molar-refractivity contribution in [2.75, 3.05) is 0 Å². The van der Waals surface area contributed by atoms with Crippen molar-refractivity contribution in [3.05, 3.63) is 0 Å². The quantitative estimate of drug-likeness (QED) is 0.348. The van der Waals surface area contributed by atoms with Gasteiger partial charge < -0.3 is 5.11 Å². The molecule has 2 radical (unpaired) electrons. The second-order valence-electron chi connectivity index (χ2n) is 0.373. The fourth-order valence-corrected chi connectivity index (χ4v) is 0. The maximum absolute atomic E-state index is 7.75. The van der Waals surface area contributed by atoms with E-state index in [9.17, 15) is 0 Å². The van der Waals surface area contributed by atoms with E-state index in [1.807, 2.05) is 0 Å². The molecule has 0 spiro atoms. The second-order valence-corrected chi connectivity index (χ2v) is 1.31. The lowest BCUT2D eigenvalue weighted by Gasteiger charge is -1.77. The van der Waals surface area contributed by atoms with E-state index in [-0.39, 0.29) is 0 Å². The minimum Gasteiger partial charge on any atom is -0.392 e. The number of alkyl halides is 1. The second kappa shape index (κ2) is 1.79. The normalized spacial score (nSPS) is 15.5. The number of rotatable bonds is 0. The number of halogens is 1. The molecule has 0 saturated carbocycles. The molecule has 0 aliphatic carbocycles. The van der Waals surface area contributed by atoms with Crippen LogP contribution >= 0.6 is 15.9 Å². The topological polar surface area (TPSA) is 20.2 Å². The molecule has 0 amide bonds. The van der Waals surface area contributed by atoms with Crippen molar-refractivity contribution < 1.29 is 5.11 Å². The zero-order valence-electron chi connectivity index (χ0n) is 1.98. The first-order valence-electron chi connectivity index (χ1n) is 0.810. The molecule has 0 fully saturated rings. The lowest BCUT2D eigenvalue weighted by molar-refractivity contribution is 0.345. The van der Waals surface area contributed by atoms with E-state index in [1.54, 1.807) is 0 Å². The Morgan fingerprint density at radius 3 is 2.00 bits per heavy atom. The van der Waals surface area contributed by atoms with Crippen molar-refractivity contribution >= 4 is 23.8 Å². The Bertz CT molecular complexity index is 12.8. The summed E-state index contributed by atoms with van der Waals surface area (Å²) in [5.74, 6) is 0. The Morgan fingerprint density at radius 1 is 2.00 bits per heavy atom. The van der Waals surface area contributed by atoms with Gasteiger partial charge in [-0.2, -0.15) is 0 Å². The van der Waals surface area contributed by atoms with Crippen LogP contribution in [0.15, 0.2) is 0 Å². The predicted octanol–water partition coefficient (Wildman–Crippen LogP) is -0.174. The van der Waals surface area contributed by atoms with Crippen molar-refractivity contribution in [1.29, 1.82) is 0 Å². The summed E-state index contributed by atoms with van der Waals surface area (Å²) in [6.45, 7) is 0. The van der Waals surface area contributed by atoms with Crippen molar-refractivity contribution in [3.63, 3.8) is 0 Å². The van der Waals surface area contributed by atoms with Gasteiger partial charge in [0.1, 0.15) is 7.85 Å². The summed E-state index contributed by atoms with van der Waals surface area (Å²) in [4.78, 5) is -0.854. The summed E-state index contributed by atoms with van der Waals surface area (Å²) in [6.07, 6.45) is 0. The van der Waals surface area contributed by atoms with E-state index in [0.717, 1.165) is 0 Å². The van der Waals surface area contributed by atoms with E-state index < -0.39 is 4.91 Å². The summed E-state index contributed by atoms with van der Waals surface area (Å²) < 4.78 is 0. The van der Waals surface area contributed by atoms with Gasteiger partial charge in [0, 0.05) is 0 Å². The molecule has 1 N–H and O–H groups in total. The Labute approximate surface area is 34.6 Å². The van der Waals surface area contributed by atoms with Gasteiger partial charge in [-0.25, -0.2) is 0 Å². The molecular formula is CH2BBrO. The average molecular weight is 121 g/mol. The fraction of sp³-hybridized carbons (Fsp3) is 1.00. The van der Waals surface area contributed by atoms with E-state index in [4.69, 9.17) is 5.11 Å². The molecule has 0 aromatic heterocycles. The van der Waals surface area contributed by atoms with Crippen LogP contribution in [0.2, 0.25) is 0 Å². The largest absolute Gasteiger partial charge is 0.392 e. The third-order valence-corrected chi connectivity index (χ3v) is 0. The van der Waals surface area contributed by atoms with Crippen LogP contribution in [-0.2, 0) is 0 Å². The highest BCUT2D eigenvalue weighted by molar-refractivity contribution is 9.10. The summed E-state index contributed by atoms with van der Waals surface area (Å²) in [5.41, 5.74) is 0. The van der Waals surface area contributed by atoms with Gasteiger partial charge in [-0.05, 0) is 0 Å². The maximum atomic E-state index is 7.75. The van der Waals surface area contributed by atoms with Gasteiger partial charge in [-0.3, -0.25) is 0 Å². The fourth-order valence-electron chi connectivity index (χ4n) is 0. The molecule has 4 heavy (non-hydrogen) atoms. The number of hydrogen-bond donors (Lipinski definition) is 1. The minimum absolute atomic E-state index is 0.854. The van der Waals surface area contributed by atoms with Crippen molar-refractivity contribution in [2.45, 2.75) is 4.91 Å². The summed E-state index contributed by atoms with van der Waals surface area (Å²) in [6, 6.07) is 0. The molecular weight excluding hydrogens is 119 g/mol. The van der Waals surface area contributed by atoms with Gasteiger partial charge in [0.25, 0.3) is 0 Å². The summed E-state index contributed by atoms with van der Waals surface area (Å²) in [7, 11) is 4.58. The highest BCUT2D eigenvalue weighted by atomic mass is 79.9. The number of hydrogen-bond acceptors (Lipinski definition) is 1. The SMILES string of the molecule is [B]C(O)Br. The van der Waals surface area contributed by atoms with Crippen molar-refractivity contribution in [1.82, 2.24) is 0 Å². The Hall–Kier alpha value is 0.505. The van der Waals surface area contributed by atoms with Crippen LogP contribution in [0.3, 0.4) is 0 Å². The third kappa shape index (κ3) is 22.3. The lowest BCUT2D eigenvalue weighted by Crippen LogP contribution is -1.87. The van der Waals surface area contributed by atoms with Crippen LogP contribution in [0.1, 0.15) is 0 Å². The molecule has 0 saturated heterocycles. The van der Waals surface area contributed by atoms with E-state index >= 15 is 0 Å². The highest BCUT2D eigenvalue weighted by Crippen LogP contribution is 1.79. The minimum atomic E-state index is -0.854. The molecule has 0 aliphatic rings. The van der Waals surface area contributed by atoms with E-state index in [0.29, 0.717) is 0 Å². The molecule has 0 rings (SSSR count). The zero-order valence-corrected chi connectivity index (χ0v) is 3.57. The standard InChI is InChI=1S/CH2BBrO/c2-1(3)4/h1,4H. The number of aliphatic hydroxyl groups excluding tert-OH is 1. The summed E-state index contributed by atoms with van der Waals surface area (Å²) in [5, 5.41) is 7.75. The monoisotopic (exact) mass is 120 g/mol. The van der Waals surface area contributed by atoms with Crippen LogP contribution in [0.25, 0.3) is 0 Å². The van der Waals surface area contributed by atoms with Gasteiger partial charge in [0.15, 0.2) is 0 Å². The molecule has 22 valence electrons. The molecule has 3 heteroatoms. The maximum Gasteiger partial charge on any atom is 0.124 e. The Balaban J connectivity index is 2.32. The first kappa shape index (κ1) is 4.50. The van der Waals surface area contributed by atoms with Gasteiger partial charge >= 0.3 is 0 Å². The van der Waals surface area contributed by atoms with Gasteiger partial charge in [0.05, 0.1) is 4.91 Å². The zero-order chi connectivity index (χ0) is 3.58. The molecule has 0 aromatic rings. The predicted molar refractivity (Wildman–Crippen MR) is 20.7 cm³/mol.